The van der Waals surface area contributed by atoms with Gasteiger partial charge in [0.15, 0.2) is 16.3 Å². The highest BCUT2D eigenvalue weighted by Crippen LogP contribution is 2.33. The maximum atomic E-state index is 13.2. The highest BCUT2D eigenvalue weighted by atomic mass is 32.1. The summed E-state index contributed by atoms with van der Waals surface area (Å²) in [6, 6.07) is 11.2. The smallest absolute Gasteiger partial charge is 0.262 e. The van der Waals surface area contributed by atoms with Crippen LogP contribution in [0.2, 0.25) is 0 Å². The quantitative estimate of drug-likeness (QED) is 0.530. The Morgan fingerprint density at radius 1 is 1.06 bits per heavy atom. The van der Waals surface area contributed by atoms with E-state index >= 15 is 0 Å². The van der Waals surface area contributed by atoms with Gasteiger partial charge in [-0.1, -0.05) is 6.07 Å². The van der Waals surface area contributed by atoms with Gasteiger partial charge in [0, 0.05) is 44.9 Å². The summed E-state index contributed by atoms with van der Waals surface area (Å²) < 4.78 is 18.5. The van der Waals surface area contributed by atoms with Crippen molar-refractivity contribution in [1.29, 1.82) is 0 Å². The van der Waals surface area contributed by atoms with Crippen molar-refractivity contribution in [3.05, 3.63) is 62.6 Å². The van der Waals surface area contributed by atoms with E-state index in [9.17, 15) is 9.59 Å². The number of hydrogen-bond donors (Lipinski definition) is 1. The first-order valence-electron chi connectivity index (χ1n) is 12.3. The number of H-pyrrole nitrogens is 1. The van der Waals surface area contributed by atoms with Gasteiger partial charge < -0.3 is 24.1 Å². The van der Waals surface area contributed by atoms with E-state index < -0.39 is 0 Å². The van der Waals surface area contributed by atoms with Gasteiger partial charge in [0.05, 0.1) is 23.6 Å². The summed E-state index contributed by atoms with van der Waals surface area (Å²) >= 11 is 5.46. The number of benzene rings is 2. The number of hydrogen-bond acceptors (Lipinski definition) is 7. The lowest BCUT2D eigenvalue weighted by Gasteiger charge is -2.34. The van der Waals surface area contributed by atoms with E-state index in [-0.39, 0.29) is 24.4 Å². The fourth-order valence-corrected chi connectivity index (χ4v) is 5.40. The molecule has 1 N–H and O–H groups in total. The SMILES string of the molecule is O=C(c1ccc2c(=O)n(C[C@@H]3CCCO3)c(=S)[nH]c2c1)N1CCN(Cc2ccc3c(c2)OCO3)CC1. The summed E-state index contributed by atoms with van der Waals surface area (Å²) in [5.74, 6) is 1.53. The van der Waals surface area contributed by atoms with Gasteiger partial charge in [-0.3, -0.25) is 19.1 Å². The number of fused-ring (bicyclic) bond motifs is 2. The maximum Gasteiger partial charge on any atom is 0.262 e. The van der Waals surface area contributed by atoms with E-state index in [1.165, 1.54) is 0 Å². The zero-order chi connectivity index (χ0) is 24.6. The molecule has 1 atom stereocenters. The van der Waals surface area contributed by atoms with Crippen LogP contribution in [0.3, 0.4) is 0 Å². The highest BCUT2D eigenvalue weighted by molar-refractivity contribution is 7.71. The summed E-state index contributed by atoms with van der Waals surface area (Å²) in [7, 11) is 0. The number of nitrogens with zero attached hydrogens (tertiary/aromatic N) is 3. The molecule has 6 rings (SSSR count). The minimum atomic E-state index is -0.152. The number of carbonyl (C=O) groups is 1. The Morgan fingerprint density at radius 2 is 1.89 bits per heavy atom. The van der Waals surface area contributed by atoms with Crippen LogP contribution in [0.15, 0.2) is 41.2 Å². The molecule has 3 aliphatic heterocycles. The van der Waals surface area contributed by atoms with E-state index in [4.69, 9.17) is 26.4 Å². The predicted octanol–water partition coefficient (Wildman–Crippen LogP) is 2.92. The van der Waals surface area contributed by atoms with Crippen molar-refractivity contribution in [2.24, 2.45) is 0 Å². The number of piperazine rings is 1. The molecule has 0 aliphatic carbocycles. The number of ether oxygens (including phenoxy) is 3. The zero-order valence-electron chi connectivity index (χ0n) is 19.9. The standard InChI is InChI=1S/C26H28N4O5S/c31-24(29-9-7-28(8-10-29)14-17-3-6-22-23(12-17)35-16-34-22)18-4-5-20-21(13-18)27-26(36)30(25(20)32)15-19-2-1-11-33-19/h3-6,12-13,19H,1-2,7-11,14-16H2,(H,27,36)/t19-/m0/s1. The molecule has 1 amide bonds. The lowest BCUT2D eigenvalue weighted by Crippen LogP contribution is -2.48. The number of amides is 1. The Balaban J connectivity index is 1.12. The molecular formula is C26H28N4O5S. The van der Waals surface area contributed by atoms with Crippen molar-refractivity contribution < 1.29 is 19.0 Å². The van der Waals surface area contributed by atoms with E-state index in [1.54, 1.807) is 22.8 Å². The van der Waals surface area contributed by atoms with Crippen molar-refractivity contribution in [2.75, 3.05) is 39.6 Å². The van der Waals surface area contributed by atoms with Gasteiger partial charge in [-0.05, 0) is 61.0 Å². The Bertz CT molecular complexity index is 1420. The monoisotopic (exact) mass is 508 g/mol. The summed E-state index contributed by atoms with van der Waals surface area (Å²) in [5.41, 5.74) is 2.14. The number of nitrogens with one attached hydrogen (secondary N) is 1. The van der Waals surface area contributed by atoms with E-state index in [2.05, 4.69) is 16.0 Å². The summed E-state index contributed by atoms with van der Waals surface area (Å²) in [6.45, 7) is 5.08. The second-order valence-corrected chi connectivity index (χ2v) is 9.88. The summed E-state index contributed by atoms with van der Waals surface area (Å²) in [5, 5.41) is 0.520. The second-order valence-electron chi connectivity index (χ2n) is 9.50. The number of aromatic amines is 1. The predicted molar refractivity (Wildman–Crippen MR) is 136 cm³/mol. The normalized spacial score (nSPS) is 19.8. The molecule has 188 valence electrons. The molecule has 3 aliphatic rings. The number of carbonyl (C=O) groups excluding carboxylic acids is 1. The Labute approximate surface area is 213 Å². The van der Waals surface area contributed by atoms with Crippen LogP contribution in [0.1, 0.15) is 28.8 Å². The molecule has 9 nitrogen and oxygen atoms in total. The van der Waals surface area contributed by atoms with E-state index in [0.717, 1.165) is 56.1 Å². The number of aromatic nitrogens is 2. The molecule has 0 saturated carbocycles. The molecule has 2 fully saturated rings. The summed E-state index contributed by atoms with van der Waals surface area (Å²) in [6.07, 6.45) is 1.94. The lowest BCUT2D eigenvalue weighted by atomic mass is 10.1. The van der Waals surface area contributed by atoms with Gasteiger partial charge in [0.2, 0.25) is 6.79 Å². The molecule has 36 heavy (non-hydrogen) atoms. The third-order valence-corrected chi connectivity index (χ3v) is 7.46. The van der Waals surface area contributed by atoms with Gasteiger partial charge in [0.25, 0.3) is 11.5 Å². The highest BCUT2D eigenvalue weighted by Gasteiger charge is 2.24. The van der Waals surface area contributed by atoms with Crippen LogP contribution in [0.4, 0.5) is 0 Å². The van der Waals surface area contributed by atoms with E-state index in [0.29, 0.717) is 40.9 Å². The Kier molecular flexibility index (Phi) is 6.24. The van der Waals surface area contributed by atoms with Gasteiger partial charge in [-0.15, -0.1) is 0 Å². The van der Waals surface area contributed by atoms with Crippen LogP contribution in [-0.2, 0) is 17.8 Å². The van der Waals surface area contributed by atoms with Crippen molar-refractivity contribution in [3.63, 3.8) is 0 Å². The van der Waals surface area contributed by atoms with E-state index in [1.807, 2.05) is 17.0 Å². The molecule has 0 bridgehead atoms. The molecule has 3 aromatic rings. The van der Waals surface area contributed by atoms with Gasteiger partial charge in [0.1, 0.15) is 0 Å². The molecule has 1 aromatic heterocycles. The third-order valence-electron chi connectivity index (χ3n) is 7.14. The van der Waals surface area contributed by atoms with Crippen LogP contribution < -0.4 is 15.0 Å². The average molecular weight is 509 g/mol. The van der Waals surface area contributed by atoms with Crippen LogP contribution in [0.25, 0.3) is 10.9 Å². The molecule has 4 heterocycles. The average Bonchev–Trinajstić information content (AvgIpc) is 3.58. The molecule has 2 aromatic carbocycles. The van der Waals surface area contributed by atoms with Crippen LogP contribution in [0, 0.1) is 4.77 Å². The van der Waals surface area contributed by atoms with Gasteiger partial charge >= 0.3 is 0 Å². The second kappa shape index (κ2) is 9.68. The van der Waals surface area contributed by atoms with Crippen molar-refractivity contribution in [3.8, 4) is 11.5 Å². The molecule has 2 saturated heterocycles. The minimum absolute atomic E-state index is 0.0137. The van der Waals surface area contributed by atoms with Crippen LogP contribution >= 0.6 is 12.2 Å². The first-order valence-corrected chi connectivity index (χ1v) is 12.7. The minimum Gasteiger partial charge on any atom is -0.454 e. The van der Waals surface area contributed by atoms with Gasteiger partial charge in [-0.25, -0.2) is 0 Å². The Morgan fingerprint density at radius 3 is 2.69 bits per heavy atom. The topological polar surface area (TPSA) is 89.0 Å². The maximum absolute atomic E-state index is 13.2. The molecule has 10 heteroatoms. The van der Waals surface area contributed by atoms with Crippen LogP contribution in [-0.4, -0.2) is 70.9 Å². The molecule has 0 radical (unpaired) electrons. The first-order chi connectivity index (χ1) is 17.5. The van der Waals surface area contributed by atoms with Crippen LogP contribution in [0.5, 0.6) is 11.5 Å². The zero-order valence-corrected chi connectivity index (χ0v) is 20.7. The van der Waals surface area contributed by atoms with Crippen molar-refractivity contribution in [1.82, 2.24) is 19.4 Å². The fourth-order valence-electron chi connectivity index (χ4n) is 5.13. The van der Waals surface area contributed by atoms with Gasteiger partial charge in [-0.2, -0.15) is 0 Å². The van der Waals surface area contributed by atoms with Crippen molar-refractivity contribution in [2.45, 2.75) is 32.0 Å². The molecule has 0 spiro atoms. The van der Waals surface area contributed by atoms with Crippen molar-refractivity contribution >= 4 is 29.0 Å². The Hall–Kier alpha value is -3.21. The fraction of sp³-hybridized carbons (Fsp3) is 0.423. The first kappa shape index (κ1) is 23.2. The molecular weight excluding hydrogens is 480 g/mol. The third kappa shape index (κ3) is 4.52. The lowest BCUT2D eigenvalue weighted by molar-refractivity contribution is 0.0628. The summed E-state index contributed by atoms with van der Waals surface area (Å²) in [4.78, 5) is 33.7. The largest absolute Gasteiger partial charge is 0.454 e. The molecule has 0 unspecified atom stereocenters. The number of rotatable bonds is 5.